The molecule has 0 saturated carbocycles. The lowest BCUT2D eigenvalue weighted by atomic mass is 10.0. The third-order valence-electron chi connectivity index (χ3n) is 3.18. The van der Waals surface area contributed by atoms with Crippen LogP contribution in [0.5, 0.6) is 0 Å². The minimum atomic E-state index is -0.00856. The Labute approximate surface area is 110 Å². The van der Waals surface area contributed by atoms with E-state index in [-0.39, 0.29) is 5.78 Å². The molecule has 0 aliphatic heterocycles. The predicted octanol–water partition coefficient (Wildman–Crippen LogP) is 2.39. The van der Waals surface area contributed by atoms with Crippen molar-refractivity contribution in [2.75, 3.05) is 5.73 Å². The second kappa shape index (κ2) is 4.24. The summed E-state index contributed by atoms with van der Waals surface area (Å²) in [4.78, 5) is 12.3. The number of fused-ring (bicyclic) bond motifs is 1. The first-order valence-corrected chi connectivity index (χ1v) is 5.97. The van der Waals surface area contributed by atoms with Crippen molar-refractivity contribution < 1.29 is 4.79 Å². The minimum absolute atomic E-state index is 0.00856. The average molecular weight is 251 g/mol. The van der Waals surface area contributed by atoms with Gasteiger partial charge in [0.1, 0.15) is 0 Å². The van der Waals surface area contributed by atoms with Crippen LogP contribution in [-0.2, 0) is 7.05 Å². The highest BCUT2D eigenvalue weighted by Crippen LogP contribution is 2.18. The highest BCUT2D eigenvalue weighted by Gasteiger charge is 2.10. The molecule has 0 spiro atoms. The van der Waals surface area contributed by atoms with Gasteiger partial charge < -0.3 is 5.73 Å². The topological polar surface area (TPSA) is 60.9 Å². The number of nitrogen functional groups attached to an aromatic ring is 1. The van der Waals surface area contributed by atoms with Crippen molar-refractivity contribution in [3.05, 3.63) is 59.8 Å². The maximum atomic E-state index is 12.3. The van der Waals surface area contributed by atoms with Gasteiger partial charge in [-0.15, -0.1) is 0 Å². The number of rotatable bonds is 2. The van der Waals surface area contributed by atoms with Gasteiger partial charge in [0.05, 0.1) is 11.7 Å². The van der Waals surface area contributed by atoms with Gasteiger partial charge in [0, 0.05) is 29.2 Å². The quantitative estimate of drug-likeness (QED) is 0.562. The molecule has 2 aromatic carbocycles. The van der Waals surface area contributed by atoms with Gasteiger partial charge in [-0.1, -0.05) is 0 Å². The van der Waals surface area contributed by atoms with Crippen LogP contribution in [0.3, 0.4) is 0 Å². The molecule has 4 nitrogen and oxygen atoms in total. The number of hydrogen-bond acceptors (Lipinski definition) is 3. The molecule has 4 heteroatoms. The summed E-state index contributed by atoms with van der Waals surface area (Å²) in [5.41, 5.74) is 8.57. The van der Waals surface area contributed by atoms with Gasteiger partial charge in [0.25, 0.3) is 0 Å². The van der Waals surface area contributed by atoms with E-state index in [9.17, 15) is 4.79 Å². The molecule has 1 heterocycles. The normalized spacial score (nSPS) is 10.8. The molecule has 0 unspecified atom stereocenters. The largest absolute Gasteiger partial charge is 0.399 e. The van der Waals surface area contributed by atoms with E-state index < -0.39 is 0 Å². The summed E-state index contributed by atoms with van der Waals surface area (Å²) < 4.78 is 1.78. The van der Waals surface area contributed by atoms with Gasteiger partial charge in [0.15, 0.2) is 5.78 Å². The molecule has 0 bridgehead atoms. The molecule has 0 amide bonds. The SMILES string of the molecule is Cn1ncc2cc(C(=O)c3ccc(N)cc3)ccc21. The van der Waals surface area contributed by atoms with E-state index in [1.807, 2.05) is 25.2 Å². The first-order chi connectivity index (χ1) is 9.15. The highest BCUT2D eigenvalue weighted by molar-refractivity contribution is 6.10. The van der Waals surface area contributed by atoms with E-state index in [0.29, 0.717) is 16.8 Å². The molecule has 19 heavy (non-hydrogen) atoms. The van der Waals surface area contributed by atoms with Gasteiger partial charge in [-0.05, 0) is 42.5 Å². The van der Waals surface area contributed by atoms with Crippen LogP contribution in [-0.4, -0.2) is 15.6 Å². The van der Waals surface area contributed by atoms with E-state index in [4.69, 9.17) is 5.73 Å². The Hall–Kier alpha value is -2.62. The second-order valence-electron chi connectivity index (χ2n) is 4.49. The zero-order valence-corrected chi connectivity index (χ0v) is 10.5. The van der Waals surface area contributed by atoms with E-state index in [1.54, 1.807) is 35.1 Å². The molecular formula is C15H13N3O. The maximum Gasteiger partial charge on any atom is 0.193 e. The molecule has 0 atom stereocenters. The smallest absolute Gasteiger partial charge is 0.193 e. The summed E-state index contributed by atoms with van der Waals surface area (Å²) in [7, 11) is 1.88. The van der Waals surface area contributed by atoms with Crippen molar-refractivity contribution >= 4 is 22.4 Å². The second-order valence-corrected chi connectivity index (χ2v) is 4.49. The number of ketones is 1. The molecule has 3 rings (SSSR count). The van der Waals surface area contributed by atoms with Crippen LogP contribution >= 0.6 is 0 Å². The Morgan fingerprint density at radius 3 is 2.53 bits per heavy atom. The van der Waals surface area contributed by atoms with Gasteiger partial charge in [0.2, 0.25) is 0 Å². The first-order valence-electron chi connectivity index (χ1n) is 5.97. The Bertz CT molecular complexity index is 757. The number of anilines is 1. The van der Waals surface area contributed by atoms with Crippen LogP contribution in [0.25, 0.3) is 10.9 Å². The monoisotopic (exact) mass is 251 g/mol. The summed E-state index contributed by atoms with van der Waals surface area (Å²) in [6.07, 6.45) is 1.76. The summed E-state index contributed by atoms with van der Waals surface area (Å²) in [6.45, 7) is 0. The molecule has 0 aliphatic carbocycles. The minimum Gasteiger partial charge on any atom is -0.399 e. The number of carbonyl (C=O) groups is 1. The van der Waals surface area contributed by atoms with Crippen molar-refractivity contribution in [2.24, 2.45) is 7.05 Å². The molecular weight excluding hydrogens is 238 g/mol. The Morgan fingerprint density at radius 1 is 1.11 bits per heavy atom. The third kappa shape index (κ3) is 1.97. The van der Waals surface area contributed by atoms with Crippen molar-refractivity contribution in [1.29, 1.82) is 0 Å². The van der Waals surface area contributed by atoms with E-state index >= 15 is 0 Å². The number of carbonyl (C=O) groups excluding carboxylic acids is 1. The molecule has 3 aromatic rings. The fourth-order valence-electron chi connectivity index (χ4n) is 2.11. The Balaban J connectivity index is 2.03. The summed E-state index contributed by atoms with van der Waals surface area (Å²) >= 11 is 0. The molecule has 2 N–H and O–H groups in total. The lowest BCUT2D eigenvalue weighted by Gasteiger charge is -2.02. The van der Waals surface area contributed by atoms with Crippen molar-refractivity contribution in [3.63, 3.8) is 0 Å². The average Bonchev–Trinajstić information content (AvgIpc) is 2.80. The summed E-state index contributed by atoms with van der Waals surface area (Å²) in [6, 6.07) is 12.5. The van der Waals surface area contributed by atoms with Crippen molar-refractivity contribution in [3.8, 4) is 0 Å². The van der Waals surface area contributed by atoms with Crippen LogP contribution in [0, 0.1) is 0 Å². The van der Waals surface area contributed by atoms with E-state index in [2.05, 4.69) is 5.10 Å². The zero-order chi connectivity index (χ0) is 13.4. The summed E-state index contributed by atoms with van der Waals surface area (Å²) in [5.74, 6) is -0.00856. The molecule has 0 fully saturated rings. The third-order valence-corrected chi connectivity index (χ3v) is 3.18. The maximum absolute atomic E-state index is 12.3. The molecule has 0 aliphatic rings. The number of nitrogens with zero attached hydrogens (tertiary/aromatic N) is 2. The van der Waals surface area contributed by atoms with Gasteiger partial charge >= 0.3 is 0 Å². The number of nitrogens with two attached hydrogens (primary N) is 1. The van der Waals surface area contributed by atoms with Crippen LogP contribution in [0.4, 0.5) is 5.69 Å². The van der Waals surface area contributed by atoms with Crippen molar-refractivity contribution in [2.45, 2.75) is 0 Å². The number of hydrogen-bond donors (Lipinski definition) is 1. The van der Waals surface area contributed by atoms with E-state index in [0.717, 1.165) is 10.9 Å². The molecule has 1 aromatic heterocycles. The number of aryl methyl sites for hydroxylation is 1. The van der Waals surface area contributed by atoms with Crippen LogP contribution < -0.4 is 5.73 Å². The van der Waals surface area contributed by atoms with Crippen molar-refractivity contribution in [1.82, 2.24) is 9.78 Å². The van der Waals surface area contributed by atoms with Crippen LogP contribution in [0.1, 0.15) is 15.9 Å². The van der Waals surface area contributed by atoms with Gasteiger partial charge in [-0.2, -0.15) is 5.10 Å². The zero-order valence-electron chi connectivity index (χ0n) is 10.5. The van der Waals surface area contributed by atoms with Crippen LogP contribution in [0.15, 0.2) is 48.7 Å². The lowest BCUT2D eigenvalue weighted by molar-refractivity contribution is 0.103. The highest BCUT2D eigenvalue weighted by atomic mass is 16.1. The van der Waals surface area contributed by atoms with Gasteiger partial charge in [-0.3, -0.25) is 9.48 Å². The van der Waals surface area contributed by atoms with Gasteiger partial charge in [-0.25, -0.2) is 0 Å². The number of benzene rings is 2. The standard InChI is InChI=1S/C15H13N3O/c1-18-14-7-4-11(8-12(14)9-17-18)15(19)10-2-5-13(16)6-3-10/h2-9H,16H2,1H3. The molecule has 0 saturated heterocycles. The molecule has 0 radical (unpaired) electrons. The van der Waals surface area contributed by atoms with E-state index in [1.165, 1.54) is 0 Å². The molecule has 94 valence electrons. The fraction of sp³-hybridized carbons (Fsp3) is 0.0667. The number of aromatic nitrogens is 2. The lowest BCUT2D eigenvalue weighted by Crippen LogP contribution is -2.01. The fourth-order valence-corrected chi connectivity index (χ4v) is 2.11. The Kier molecular flexibility index (Phi) is 2.56. The van der Waals surface area contributed by atoms with Crippen LogP contribution in [0.2, 0.25) is 0 Å². The Morgan fingerprint density at radius 2 is 1.79 bits per heavy atom. The first kappa shape index (κ1) is 11.5. The summed E-state index contributed by atoms with van der Waals surface area (Å²) in [5, 5.41) is 5.13. The predicted molar refractivity (Wildman–Crippen MR) is 75.0 cm³/mol.